The second-order valence-corrected chi connectivity index (χ2v) is 5.07. The predicted molar refractivity (Wildman–Crippen MR) is 64.0 cm³/mol. The lowest BCUT2D eigenvalue weighted by Gasteiger charge is -2.30. The summed E-state index contributed by atoms with van der Waals surface area (Å²) in [6.07, 6.45) is 8.10. The number of hydrogen-bond donors (Lipinski definition) is 1. The van der Waals surface area contributed by atoms with Crippen molar-refractivity contribution in [3.05, 3.63) is 18.2 Å². The van der Waals surface area contributed by atoms with Gasteiger partial charge in [0, 0.05) is 6.54 Å². The van der Waals surface area contributed by atoms with Crippen molar-refractivity contribution in [3.8, 4) is 0 Å². The Kier molecular flexibility index (Phi) is 3.64. The minimum absolute atomic E-state index is 0.324. The number of nitrogens with zero attached hydrogens (tertiary/aromatic N) is 2. The van der Waals surface area contributed by atoms with Gasteiger partial charge in [0.05, 0.1) is 24.3 Å². The number of aliphatic hydroxyl groups is 1. The molecule has 3 heteroatoms. The number of imidazole rings is 1. The van der Waals surface area contributed by atoms with E-state index in [-0.39, 0.29) is 6.10 Å². The summed E-state index contributed by atoms with van der Waals surface area (Å²) in [6, 6.07) is 0. The fraction of sp³-hybridized carbons (Fsp3) is 0.769. The van der Waals surface area contributed by atoms with Crippen molar-refractivity contribution in [2.75, 3.05) is 0 Å². The van der Waals surface area contributed by atoms with Crippen LogP contribution in [-0.4, -0.2) is 14.7 Å². The van der Waals surface area contributed by atoms with Crippen LogP contribution in [-0.2, 0) is 6.54 Å². The Bertz CT molecular complexity index is 326. The standard InChI is InChI=1S/C13H22N2O/c1-3-15-9-14-8-12(15)13(16)11-6-4-10(2)5-7-11/h8-11,13,16H,3-7H2,1-2H3. The van der Waals surface area contributed by atoms with Gasteiger partial charge in [0.2, 0.25) is 0 Å². The number of rotatable bonds is 3. The Morgan fingerprint density at radius 3 is 2.75 bits per heavy atom. The van der Waals surface area contributed by atoms with Gasteiger partial charge in [0.25, 0.3) is 0 Å². The van der Waals surface area contributed by atoms with Gasteiger partial charge >= 0.3 is 0 Å². The van der Waals surface area contributed by atoms with Crippen LogP contribution in [0.15, 0.2) is 12.5 Å². The zero-order valence-electron chi connectivity index (χ0n) is 10.3. The summed E-state index contributed by atoms with van der Waals surface area (Å²) in [5.74, 6) is 1.26. The molecular weight excluding hydrogens is 200 g/mol. The molecule has 1 atom stereocenters. The molecule has 1 fully saturated rings. The van der Waals surface area contributed by atoms with Crippen LogP contribution in [0.2, 0.25) is 0 Å². The van der Waals surface area contributed by atoms with Crippen LogP contribution in [0.1, 0.15) is 51.3 Å². The van der Waals surface area contributed by atoms with Crippen molar-refractivity contribution in [1.82, 2.24) is 9.55 Å². The van der Waals surface area contributed by atoms with Gasteiger partial charge in [0.1, 0.15) is 0 Å². The highest BCUT2D eigenvalue weighted by Gasteiger charge is 2.27. The van der Waals surface area contributed by atoms with Gasteiger partial charge in [-0.3, -0.25) is 0 Å². The molecule has 16 heavy (non-hydrogen) atoms. The highest BCUT2D eigenvalue weighted by atomic mass is 16.3. The minimum Gasteiger partial charge on any atom is -0.387 e. The molecule has 0 radical (unpaired) electrons. The van der Waals surface area contributed by atoms with E-state index in [1.165, 1.54) is 12.8 Å². The molecule has 1 aliphatic rings. The van der Waals surface area contributed by atoms with Crippen LogP contribution in [0.4, 0.5) is 0 Å². The molecule has 1 unspecified atom stereocenters. The summed E-state index contributed by atoms with van der Waals surface area (Å²) in [5, 5.41) is 10.4. The predicted octanol–water partition coefficient (Wildman–Crippen LogP) is 2.76. The van der Waals surface area contributed by atoms with Gasteiger partial charge in [-0.15, -0.1) is 0 Å². The SMILES string of the molecule is CCn1cncc1C(O)C1CCC(C)CC1. The second kappa shape index (κ2) is 5.00. The molecule has 1 aromatic heterocycles. The topological polar surface area (TPSA) is 38.0 Å². The Balaban J connectivity index is 2.04. The maximum Gasteiger partial charge on any atom is 0.0983 e. The summed E-state index contributed by atoms with van der Waals surface area (Å²) in [4.78, 5) is 4.13. The van der Waals surface area contributed by atoms with Crippen LogP contribution in [0.3, 0.4) is 0 Å². The number of hydrogen-bond acceptors (Lipinski definition) is 2. The molecule has 0 aliphatic heterocycles. The molecule has 0 spiro atoms. The zero-order valence-corrected chi connectivity index (χ0v) is 10.3. The minimum atomic E-state index is -0.324. The Morgan fingerprint density at radius 1 is 1.44 bits per heavy atom. The molecule has 0 aromatic carbocycles. The van der Waals surface area contributed by atoms with Crippen molar-refractivity contribution >= 4 is 0 Å². The smallest absolute Gasteiger partial charge is 0.0983 e. The molecule has 2 rings (SSSR count). The zero-order chi connectivity index (χ0) is 11.5. The van der Waals surface area contributed by atoms with Gasteiger partial charge in [-0.2, -0.15) is 0 Å². The first kappa shape index (κ1) is 11.6. The molecule has 1 aliphatic carbocycles. The molecule has 0 amide bonds. The molecule has 1 aromatic rings. The van der Waals surface area contributed by atoms with E-state index in [1.807, 2.05) is 17.1 Å². The van der Waals surface area contributed by atoms with Crippen LogP contribution < -0.4 is 0 Å². The fourth-order valence-electron chi connectivity index (χ4n) is 2.68. The second-order valence-electron chi connectivity index (χ2n) is 5.07. The van der Waals surface area contributed by atoms with Crippen molar-refractivity contribution < 1.29 is 5.11 Å². The van der Waals surface area contributed by atoms with Crippen LogP contribution >= 0.6 is 0 Å². The van der Waals surface area contributed by atoms with Crippen molar-refractivity contribution in [2.45, 2.75) is 52.2 Å². The van der Waals surface area contributed by atoms with E-state index < -0.39 is 0 Å². The fourth-order valence-corrected chi connectivity index (χ4v) is 2.68. The summed E-state index contributed by atoms with van der Waals surface area (Å²) in [5.41, 5.74) is 0.988. The number of aromatic nitrogens is 2. The van der Waals surface area contributed by atoms with Crippen molar-refractivity contribution in [1.29, 1.82) is 0 Å². The highest BCUT2D eigenvalue weighted by Crippen LogP contribution is 2.36. The van der Waals surface area contributed by atoms with E-state index in [2.05, 4.69) is 18.8 Å². The molecule has 1 heterocycles. The van der Waals surface area contributed by atoms with Gasteiger partial charge in [-0.1, -0.05) is 19.8 Å². The average molecular weight is 222 g/mol. The largest absolute Gasteiger partial charge is 0.387 e. The van der Waals surface area contributed by atoms with Crippen LogP contribution in [0.25, 0.3) is 0 Å². The monoisotopic (exact) mass is 222 g/mol. The summed E-state index contributed by atoms with van der Waals surface area (Å²) < 4.78 is 2.04. The van der Waals surface area contributed by atoms with Crippen LogP contribution in [0, 0.1) is 11.8 Å². The lowest BCUT2D eigenvalue weighted by Crippen LogP contribution is -2.21. The molecular formula is C13H22N2O. The third-order valence-corrected chi connectivity index (χ3v) is 3.90. The maximum absolute atomic E-state index is 10.4. The Labute approximate surface area is 97.5 Å². The van der Waals surface area contributed by atoms with E-state index in [0.29, 0.717) is 5.92 Å². The quantitative estimate of drug-likeness (QED) is 0.854. The van der Waals surface area contributed by atoms with Gasteiger partial charge in [-0.25, -0.2) is 4.98 Å². The lowest BCUT2D eigenvalue weighted by molar-refractivity contribution is 0.0692. The van der Waals surface area contributed by atoms with Crippen molar-refractivity contribution in [3.63, 3.8) is 0 Å². The van der Waals surface area contributed by atoms with Gasteiger partial charge in [0.15, 0.2) is 0 Å². The molecule has 0 saturated heterocycles. The number of aliphatic hydroxyl groups excluding tert-OH is 1. The van der Waals surface area contributed by atoms with E-state index in [1.54, 1.807) is 0 Å². The third-order valence-electron chi connectivity index (χ3n) is 3.90. The van der Waals surface area contributed by atoms with E-state index >= 15 is 0 Å². The summed E-state index contributed by atoms with van der Waals surface area (Å²) in [6.45, 7) is 5.27. The highest BCUT2D eigenvalue weighted by molar-refractivity contribution is 5.04. The molecule has 0 bridgehead atoms. The van der Waals surface area contributed by atoms with Crippen molar-refractivity contribution in [2.24, 2.45) is 11.8 Å². The first-order valence-electron chi connectivity index (χ1n) is 6.40. The first-order valence-corrected chi connectivity index (χ1v) is 6.40. The van der Waals surface area contributed by atoms with Gasteiger partial charge in [-0.05, 0) is 31.6 Å². The average Bonchev–Trinajstić information content (AvgIpc) is 2.77. The van der Waals surface area contributed by atoms with Gasteiger partial charge < -0.3 is 9.67 Å². The van der Waals surface area contributed by atoms with Crippen LogP contribution in [0.5, 0.6) is 0 Å². The van der Waals surface area contributed by atoms with E-state index in [9.17, 15) is 5.11 Å². The Hall–Kier alpha value is -0.830. The molecule has 1 saturated carbocycles. The first-order chi connectivity index (χ1) is 7.72. The molecule has 3 nitrogen and oxygen atoms in total. The summed E-state index contributed by atoms with van der Waals surface area (Å²) >= 11 is 0. The third kappa shape index (κ3) is 2.29. The molecule has 1 N–H and O–H groups in total. The van der Waals surface area contributed by atoms with E-state index in [4.69, 9.17) is 0 Å². The number of aryl methyl sites for hydroxylation is 1. The molecule has 90 valence electrons. The normalized spacial score (nSPS) is 27.9. The lowest BCUT2D eigenvalue weighted by atomic mass is 9.79. The maximum atomic E-state index is 10.4. The Morgan fingerprint density at radius 2 is 2.12 bits per heavy atom. The summed E-state index contributed by atoms with van der Waals surface area (Å²) in [7, 11) is 0. The van der Waals surface area contributed by atoms with E-state index in [0.717, 1.165) is 31.0 Å².